The molecule has 1 aromatic carbocycles. The lowest BCUT2D eigenvalue weighted by molar-refractivity contribution is -0.117. The van der Waals surface area contributed by atoms with E-state index in [1.807, 2.05) is 47.0 Å². The molecule has 138 valence electrons. The van der Waals surface area contributed by atoms with Gasteiger partial charge in [-0.25, -0.2) is 0 Å². The predicted molar refractivity (Wildman–Crippen MR) is 107 cm³/mol. The summed E-state index contributed by atoms with van der Waals surface area (Å²) in [6.07, 6.45) is 8.59. The van der Waals surface area contributed by atoms with Gasteiger partial charge < -0.3 is 4.90 Å². The van der Waals surface area contributed by atoms with Crippen LogP contribution in [0, 0.1) is 29.1 Å². The van der Waals surface area contributed by atoms with Crippen molar-refractivity contribution in [1.82, 2.24) is 0 Å². The van der Waals surface area contributed by atoms with Gasteiger partial charge in [-0.05, 0) is 75.3 Å². The van der Waals surface area contributed by atoms with Gasteiger partial charge in [0.15, 0.2) is 0 Å². The highest BCUT2D eigenvalue weighted by atomic mass is 32.2. The number of benzene rings is 1. The monoisotopic (exact) mass is 368 g/mol. The normalized spacial score (nSPS) is 32.8. The van der Waals surface area contributed by atoms with E-state index in [9.17, 15) is 4.79 Å². The first-order chi connectivity index (χ1) is 12.6. The molecule has 0 unspecified atom stereocenters. The van der Waals surface area contributed by atoms with Crippen molar-refractivity contribution >= 4 is 23.4 Å². The molecule has 0 N–H and O–H groups in total. The third-order valence-electron chi connectivity index (χ3n) is 6.54. The number of nitrogens with zero attached hydrogens (tertiary/aromatic N) is 2. The minimum Gasteiger partial charge on any atom is -0.310 e. The summed E-state index contributed by atoms with van der Waals surface area (Å²) in [5, 5.41) is 8.95. The van der Waals surface area contributed by atoms with E-state index in [2.05, 4.69) is 13.0 Å². The average molecular weight is 369 g/mol. The van der Waals surface area contributed by atoms with E-state index in [1.54, 1.807) is 0 Å². The number of carbonyl (C=O) groups is 1. The third kappa shape index (κ3) is 3.51. The van der Waals surface area contributed by atoms with Crippen molar-refractivity contribution in [3.05, 3.63) is 30.3 Å². The highest BCUT2D eigenvalue weighted by molar-refractivity contribution is 8.01. The van der Waals surface area contributed by atoms with E-state index in [4.69, 9.17) is 5.26 Å². The van der Waals surface area contributed by atoms with E-state index in [-0.39, 0.29) is 11.2 Å². The number of para-hydroxylation sites is 1. The zero-order valence-electron chi connectivity index (χ0n) is 15.6. The molecule has 4 saturated carbocycles. The topological polar surface area (TPSA) is 44.1 Å². The number of anilines is 1. The summed E-state index contributed by atoms with van der Waals surface area (Å²) < 4.78 is 0.335. The van der Waals surface area contributed by atoms with Crippen LogP contribution in [0.15, 0.2) is 30.3 Å². The minimum absolute atomic E-state index is 0.0508. The maximum absolute atomic E-state index is 13.3. The van der Waals surface area contributed by atoms with Gasteiger partial charge >= 0.3 is 0 Å². The largest absolute Gasteiger partial charge is 0.310 e. The lowest BCUT2D eigenvalue weighted by Gasteiger charge is -2.57. The van der Waals surface area contributed by atoms with Gasteiger partial charge in [-0.1, -0.05) is 18.2 Å². The Bertz CT molecular complexity index is 661. The molecule has 4 aliphatic carbocycles. The third-order valence-corrected chi connectivity index (χ3v) is 8.09. The van der Waals surface area contributed by atoms with Crippen LogP contribution in [0.25, 0.3) is 0 Å². The molecule has 0 heterocycles. The molecule has 1 aromatic rings. The van der Waals surface area contributed by atoms with Gasteiger partial charge in [-0.3, -0.25) is 4.79 Å². The molecule has 3 nitrogen and oxygen atoms in total. The molecule has 0 aliphatic heterocycles. The van der Waals surface area contributed by atoms with E-state index >= 15 is 0 Å². The second-order valence-electron chi connectivity index (χ2n) is 8.59. The molecule has 5 rings (SSSR count). The number of nitriles is 1. The fourth-order valence-electron chi connectivity index (χ4n) is 5.96. The Morgan fingerprint density at radius 1 is 1.19 bits per heavy atom. The second kappa shape index (κ2) is 7.27. The van der Waals surface area contributed by atoms with E-state index in [0.29, 0.717) is 17.7 Å². The van der Waals surface area contributed by atoms with Gasteiger partial charge in [0.2, 0.25) is 5.91 Å². The van der Waals surface area contributed by atoms with Crippen molar-refractivity contribution in [2.75, 3.05) is 11.4 Å². The summed E-state index contributed by atoms with van der Waals surface area (Å²) in [5.74, 6) is 2.87. The van der Waals surface area contributed by atoms with Crippen molar-refractivity contribution < 1.29 is 4.79 Å². The van der Waals surface area contributed by atoms with E-state index in [1.165, 1.54) is 38.5 Å². The van der Waals surface area contributed by atoms with Gasteiger partial charge in [0.05, 0.1) is 17.7 Å². The van der Waals surface area contributed by atoms with E-state index in [0.717, 1.165) is 23.4 Å². The fourth-order valence-corrected chi connectivity index (χ4v) is 7.93. The SMILES string of the molecule is C[C@H](SC12CC3CC(CC(C3)C1)C2)C(=O)N(CCC#N)c1ccccc1. The first-order valence-electron chi connectivity index (χ1n) is 10.00. The van der Waals surface area contributed by atoms with Crippen molar-refractivity contribution in [2.24, 2.45) is 17.8 Å². The molecule has 4 bridgehead atoms. The Kier molecular flexibility index (Phi) is 5.01. The van der Waals surface area contributed by atoms with Crippen LogP contribution in [0.2, 0.25) is 0 Å². The molecule has 4 heteroatoms. The van der Waals surface area contributed by atoms with Gasteiger partial charge in [-0.2, -0.15) is 5.26 Å². The van der Waals surface area contributed by atoms with Crippen molar-refractivity contribution in [2.45, 2.75) is 61.9 Å². The Hall–Kier alpha value is -1.47. The van der Waals surface area contributed by atoms with Crippen molar-refractivity contribution in [3.8, 4) is 6.07 Å². The standard InChI is InChI=1S/C22H28N2OS/c1-16(21(25)24(9-5-8-23)20-6-3-2-4-7-20)26-22-13-17-10-18(14-22)12-19(11-17)15-22/h2-4,6-7,16-19H,5,9-15H2,1H3/t16-,17?,18?,19?,22?/m0/s1. The molecule has 0 aromatic heterocycles. The van der Waals surface area contributed by atoms with Crippen LogP contribution >= 0.6 is 11.8 Å². The van der Waals surface area contributed by atoms with Crippen LogP contribution in [-0.4, -0.2) is 22.4 Å². The number of hydrogen-bond donors (Lipinski definition) is 0. The smallest absolute Gasteiger partial charge is 0.239 e. The molecule has 4 aliphatic rings. The first-order valence-corrected chi connectivity index (χ1v) is 10.9. The summed E-state index contributed by atoms with van der Waals surface area (Å²) in [5.41, 5.74) is 0.908. The van der Waals surface area contributed by atoms with Gasteiger partial charge in [0.1, 0.15) is 0 Å². The van der Waals surface area contributed by atoms with Gasteiger partial charge in [0.25, 0.3) is 0 Å². The lowest BCUT2D eigenvalue weighted by atomic mass is 9.56. The van der Waals surface area contributed by atoms with Crippen LogP contribution in [0.1, 0.15) is 51.9 Å². The number of rotatable bonds is 6. The Morgan fingerprint density at radius 3 is 2.31 bits per heavy atom. The van der Waals surface area contributed by atoms with Crippen molar-refractivity contribution in [1.29, 1.82) is 5.26 Å². The molecule has 0 radical (unpaired) electrons. The number of hydrogen-bond acceptors (Lipinski definition) is 3. The predicted octanol–water partition coefficient (Wildman–Crippen LogP) is 5.02. The zero-order valence-corrected chi connectivity index (χ0v) is 16.4. The highest BCUT2D eigenvalue weighted by Crippen LogP contribution is 2.61. The maximum atomic E-state index is 13.3. The van der Waals surface area contributed by atoms with E-state index < -0.39 is 0 Å². The average Bonchev–Trinajstić information content (AvgIpc) is 2.61. The summed E-state index contributed by atoms with van der Waals surface area (Å²) in [6, 6.07) is 12.0. The first kappa shape index (κ1) is 17.9. The fraction of sp³-hybridized carbons (Fsp3) is 0.636. The van der Waals surface area contributed by atoms with Crippen LogP contribution in [0.5, 0.6) is 0 Å². The van der Waals surface area contributed by atoms with Crippen LogP contribution in [0.4, 0.5) is 5.69 Å². The Balaban J connectivity index is 1.48. The number of thioether (sulfide) groups is 1. The summed E-state index contributed by atoms with van der Waals surface area (Å²) in [7, 11) is 0. The number of carbonyl (C=O) groups excluding carboxylic acids is 1. The minimum atomic E-state index is -0.0508. The molecule has 0 saturated heterocycles. The molecule has 26 heavy (non-hydrogen) atoms. The Morgan fingerprint density at radius 2 is 1.77 bits per heavy atom. The zero-order chi connectivity index (χ0) is 18.1. The second-order valence-corrected chi connectivity index (χ2v) is 10.4. The molecule has 1 atom stereocenters. The number of amides is 1. The molecule has 1 amide bonds. The van der Waals surface area contributed by atoms with Crippen LogP contribution < -0.4 is 4.90 Å². The summed E-state index contributed by atoms with van der Waals surface area (Å²) in [4.78, 5) is 15.1. The summed E-state index contributed by atoms with van der Waals surface area (Å²) in [6.45, 7) is 2.55. The van der Waals surface area contributed by atoms with Crippen LogP contribution in [-0.2, 0) is 4.79 Å². The van der Waals surface area contributed by atoms with Gasteiger partial charge in [0, 0.05) is 17.0 Å². The lowest BCUT2D eigenvalue weighted by Crippen LogP contribution is -2.50. The van der Waals surface area contributed by atoms with Gasteiger partial charge in [-0.15, -0.1) is 11.8 Å². The molecule has 4 fully saturated rings. The quantitative estimate of drug-likeness (QED) is 0.708. The molecular formula is C22H28N2OS. The maximum Gasteiger partial charge on any atom is 0.239 e. The molecular weight excluding hydrogens is 340 g/mol. The van der Waals surface area contributed by atoms with Crippen LogP contribution in [0.3, 0.4) is 0 Å². The summed E-state index contributed by atoms with van der Waals surface area (Å²) >= 11 is 1.95. The van der Waals surface area contributed by atoms with Crippen molar-refractivity contribution in [3.63, 3.8) is 0 Å². The highest BCUT2D eigenvalue weighted by Gasteiger charge is 2.52. The Labute approximate surface area is 161 Å². The molecule has 0 spiro atoms.